The predicted molar refractivity (Wildman–Crippen MR) is 75.9 cm³/mol. The summed E-state index contributed by atoms with van der Waals surface area (Å²) in [5, 5.41) is 12.6. The second kappa shape index (κ2) is 6.10. The topological polar surface area (TPSA) is 75.4 Å². The molecular formula is C15H18F3N3O3. The number of rotatable bonds is 3. The summed E-state index contributed by atoms with van der Waals surface area (Å²) < 4.78 is 39.1. The molecular weight excluding hydrogens is 327 g/mol. The average molecular weight is 345 g/mol. The lowest BCUT2D eigenvalue weighted by Crippen LogP contribution is -2.48. The molecule has 6 nitrogen and oxygen atoms in total. The van der Waals surface area contributed by atoms with Gasteiger partial charge in [-0.1, -0.05) is 0 Å². The maximum absolute atomic E-state index is 12.6. The molecule has 2 aliphatic rings. The zero-order valence-corrected chi connectivity index (χ0v) is 12.9. The van der Waals surface area contributed by atoms with Crippen molar-refractivity contribution < 1.29 is 27.9 Å². The van der Waals surface area contributed by atoms with E-state index in [9.17, 15) is 22.8 Å². The molecule has 0 radical (unpaired) electrons. The van der Waals surface area contributed by atoms with E-state index in [2.05, 4.69) is 5.10 Å². The minimum absolute atomic E-state index is 0.149. The Hall–Kier alpha value is -2.06. The minimum atomic E-state index is -4.46. The van der Waals surface area contributed by atoms with Crippen LogP contribution in [0, 0.1) is 11.8 Å². The van der Waals surface area contributed by atoms with Crippen LogP contribution in [0.15, 0.2) is 12.3 Å². The van der Waals surface area contributed by atoms with Gasteiger partial charge >= 0.3 is 12.1 Å². The highest BCUT2D eigenvalue weighted by atomic mass is 19.4. The fraction of sp³-hybridized carbons (Fsp3) is 0.667. The van der Waals surface area contributed by atoms with E-state index in [0.29, 0.717) is 38.8 Å². The first-order chi connectivity index (χ1) is 11.3. The van der Waals surface area contributed by atoms with E-state index in [4.69, 9.17) is 5.11 Å². The van der Waals surface area contributed by atoms with Crippen LogP contribution in [0.3, 0.4) is 0 Å². The number of carbonyl (C=O) groups is 2. The van der Waals surface area contributed by atoms with Gasteiger partial charge in [0.2, 0.25) is 5.91 Å². The van der Waals surface area contributed by atoms with Gasteiger partial charge in [0.05, 0.1) is 17.9 Å². The number of aliphatic carboxylic acids is 1. The molecule has 1 aromatic rings. The highest BCUT2D eigenvalue weighted by Gasteiger charge is 2.43. The molecule has 0 bridgehead atoms. The first-order valence-corrected chi connectivity index (χ1v) is 7.91. The highest BCUT2D eigenvalue weighted by Crippen LogP contribution is 2.37. The maximum atomic E-state index is 12.6. The van der Waals surface area contributed by atoms with Gasteiger partial charge in [-0.05, 0) is 31.7 Å². The quantitative estimate of drug-likeness (QED) is 0.911. The molecule has 1 N–H and O–H groups in total. The van der Waals surface area contributed by atoms with Crippen LogP contribution in [0.5, 0.6) is 0 Å². The lowest BCUT2D eigenvalue weighted by molar-refractivity contribution is -0.157. The van der Waals surface area contributed by atoms with Crippen LogP contribution in [0.1, 0.15) is 37.4 Å². The van der Waals surface area contributed by atoms with Gasteiger partial charge in [0.15, 0.2) is 5.69 Å². The number of carboxylic acids is 1. The van der Waals surface area contributed by atoms with E-state index in [-0.39, 0.29) is 11.9 Å². The molecule has 1 saturated carbocycles. The standard InChI is InChI=1S/C15H18F3N3O3/c16-15(17,18)12-5-8-21(19-12)9-3-6-20(7-4-9)13(22)10-1-2-11(10)14(23)24/h5,8-11H,1-4,6-7H2,(H,23,24). The molecule has 2 heterocycles. The summed E-state index contributed by atoms with van der Waals surface area (Å²) in [6.45, 7) is 0.821. The third-order valence-electron chi connectivity index (χ3n) is 4.96. The number of aromatic nitrogens is 2. The lowest BCUT2D eigenvalue weighted by atomic mass is 9.72. The van der Waals surface area contributed by atoms with Crippen molar-refractivity contribution >= 4 is 11.9 Å². The van der Waals surface area contributed by atoms with E-state index >= 15 is 0 Å². The van der Waals surface area contributed by atoms with E-state index in [1.807, 2.05) is 0 Å². The van der Waals surface area contributed by atoms with E-state index in [0.717, 1.165) is 6.07 Å². The van der Waals surface area contributed by atoms with Crippen LogP contribution in [-0.2, 0) is 15.8 Å². The molecule has 3 rings (SSSR count). The Morgan fingerprint density at radius 1 is 1.12 bits per heavy atom. The second-order valence-corrected chi connectivity index (χ2v) is 6.36. The van der Waals surface area contributed by atoms with Gasteiger partial charge in [0.1, 0.15) is 0 Å². The first kappa shape index (κ1) is 16.8. The van der Waals surface area contributed by atoms with E-state index in [1.54, 1.807) is 4.90 Å². The summed E-state index contributed by atoms with van der Waals surface area (Å²) in [4.78, 5) is 25.0. The fourth-order valence-electron chi connectivity index (χ4n) is 3.37. The molecule has 1 aromatic heterocycles. The minimum Gasteiger partial charge on any atom is -0.481 e. The molecule has 0 spiro atoms. The summed E-state index contributed by atoms with van der Waals surface area (Å²) in [5.41, 5.74) is -0.917. The molecule has 2 fully saturated rings. The normalized spacial score (nSPS) is 25.4. The average Bonchev–Trinajstić information content (AvgIpc) is 2.95. The number of hydrogen-bond acceptors (Lipinski definition) is 3. The van der Waals surface area contributed by atoms with Gasteiger partial charge in [0.25, 0.3) is 0 Å². The van der Waals surface area contributed by atoms with Crippen molar-refractivity contribution in [1.82, 2.24) is 14.7 Å². The van der Waals surface area contributed by atoms with Crippen molar-refractivity contribution in [3.63, 3.8) is 0 Å². The number of hydrogen-bond donors (Lipinski definition) is 1. The predicted octanol–water partition coefficient (Wildman–Crippen LogP) is 2.18. The molecule has 24 heavy (non-hydrogen) atoms. The zero-order valence-electron chi connectivity index (χ0n) is 12.9. The first-order valence-electron chi connectivity index (χ1n) is 7.91. The summed E-state index contributed by atoms with van der Waals surface area (Å²) in [6.07, 6.45) is -1.01. The van der Waals surface area contributed by atoms with Crippen molar-refractivity contribution in [2.75, 3.05) is 13.1 Å². The van der Waals surface area contributed by atoms with Crippen molar-refractivity contribution in [2.24, 2.45) is 11.8 Å². The summed E-state index contributed by atoms with van der Waals surface area (Å²) in [5.74, 6) is -2.15. The third-order valence-corrected chi connectivity index (χ3v) is 4.96. The molecule has 0 aromatic carbocycles. The Morgan fingerprint density at radius 3 is 2.21 bits per heavy atom. The van der Waals surface area contributed by atoms with Crippen LogP contribution in [0.2, 0.25) is 0 Å². The highest BCUT2D eigenvalue weighted by molar-refractivity contribution is 5.86. The Kier molecular flexibility index (Phi) is 4.27. The van der Waals surface area contributed by atoms with E-state index in [1.165, 1.54) is 10.9 Å². The number of carboxylic acid groups (broad SMARTS) is 1. The summed E-state index contributed by atoms with van der Waals surface area (Å²) in [7, 11) is 0. The third kappa shape index (κ3) is 3.11. The Labute approximate surface area is 136 Å². The largest absolute Gasteiger partial charge is 0.481 e. The molecule has 1 aliphatic carbocycles. The zero-order chi connectivity index (χ0) is 17.5. The number of likely N-dealkylation sites (tertiary alicyclic amines) is 1. The summed E-state index contributed by atoms with van der Waals surface area (Å²) >= 11 is 0. The van der Waals surface area contributed by atoms with Crippen LogP contribution in [0.25, 0.3) is 0 Å². The van der Waals surface area contributed by atoms with Gasteiger partial charge in [-0.25, -0.2) is 0 Å². The molecule has 2 unspecified atom stereocenters. The SMILES string of the molecule is O=C(O)C1CCC1C(=O)N1CCC(n2ccc(C(F)(F)F)n2)CC1. The number of nitrogens with zero attached hydrogens (tertiary/aromatic N) is 3. The Morgan fingerprint density at radius 2 is 1.75 bits per heavy atom. The van der Waals surface area contributed by atoms with Crippen LogP contribution in [-0.4, -0.2) is 44.8 Å². The van der Waals surface area contributed by atoms with Crippen molar-refractivity contribution in [3.8, 4) is 0 Å². The maximum Gasteiger partial charge on any atom is 0.435 e. The monoisotopic (exact) mass is 345 g/mol. The van der Waals surface area contributed by atoms with Crippen LogP contribution in [0.4, 0.5) is 13.2 Å². The van der Waals surface area contributed by atoms with Crippen LogP contribution >= 0.6 is 0 Å². The van der Waals surface area contributed by atoms with Crippen molar-refractivity contribution in [2.45, 2.75) is 37.9 Å². The van der Waals surface area contributed by atoms with Gasteiger partial charge in [0, 0.05) is 19.3 Å². The second-order valence-electron chi connectivity index (χ2n) is 6.36. The van der Waals surface area contributed by atoms with Gasteiger partial charge in [-0.2, -0.15) is 18.3 Å². The molecule has 132 valence electrons. The van der Waals surface area contributed by atoms with E-state index < -0.39 is 29.7 Å². The number of alkyl halides is 3. The fourth-order valence-corrected chi connectivity index (χ4v) is 3.37. The molecule has 1 saturated heterocycles. The number of carbonyl (C=O) groups excluding carboxylic acids is 1. The smallest absolute Gasteiger partial charge is 0.435 e. The van der Waals surface area contributed by atoms with Gasteiger partial charge in [-0.15, -0.1) is 0 Å². The Balaban J connectivity index is 1.57. The number of piperidine rings is 1. The number of amides is 1. The lowest BCUT2D eigenvalue weighted by Gasteiger charge is -2.39. The molecule has 2 atom stereocenters. The molecule has 9 heteroatoms. The van der Waals surface area contributed by atoms with Crippen molar-refractivity contribution in [1.29, 1.82) is 0 Å². The van der Waals surface area contributed by atoms with Gasteiger partial charge < -0.3 is 10.0 Å². The number of halogens is 3. The van der Waals surface area contributed by atoms with Gasteiger partial charge in [-0.3, -0.25) is 14.3 Å². The van der Waals surface area contributed by atoms with Crippen molar-refractivity contribution in [3.05, 3.63) is 18.0 Å². The molecule has 1 aliphatic heterocycles. The van der Waals surface area contributed by atoms with Crippen LogP contribution < -0.4 is 0 Å². The summed E-state index contributed by atoms with van der Waals surface area (Å²) in [6, 6.07) is 0.769. The molecule has 1 amide bonds. The Bertz CT molecular complexity index is 635.